The topological polar surface area (TPSA) is 117 Å². The molecule has 0 spiro atoms. The molecule has 1 aliphatic heterocycles. The van der Waals surface area contributed by atoms with Crippen LogP contribution in [-0.2, 0) is 4.79 Å². The van der Waals surface area contributed by atoms with Gasteiger partial charge in [-0.2, -0.15) is 0 Å². The van der Waals surface area contributed by atoms with Gasteiger partial charge in [0.2, 0.25) is 11.9 Å². The van der Waals surface area contributed by atoms with Crippen molar-refractivity contribution in [2.45, 2.75) is 19.4 Å². The molecule has 1 aliphatic rings. The van der Waals surface area contributed by atoms with Crippen molar-refractivity contribution in [3.05, 3.63) is 24.3 Å². The molecule has 2 heterocycles. The van der Waals surface area contributed by atoms with Crippen molar-refractivity contribution in [3.63, 3.8) is 0 Å². The number of carbonyl (C=O) groups excluding carboxylic acids is 1. The number of carboxylic acid groups (broad SMARTS) is 1. The zero-order chi connectivity index (χ0) is 18.4. The van der Waals surface area contributed by atoms with Gasteiger partial charge in [0.1, 0.15) is 6.61 Å². The Balaban J connectivity index is 1.93. The molecule has 0 bridgehead atoms. The monoisotopic (exact) mass is 353 g/mol. The summed E-state index contributed by atoms with van der Waals surface area (Å²) < 4.78 is 18.0. The average Bonchev–Trinajstić information content (AvgIpc) is 2.53. The molecule has 0 radical (unpaired) electrons. The number of hydrogen-bond acceptors (Lipinski definition) is 6. The van der Waals surface area contributed by atoms with Crippen LogP contribution in [0.15, 0.2) is 24.3 Å². The van der Waals surface area contributed by atoms with Crippen molar-refractivity contribution < 1.29 is 23.8 Å². The lowest BCUT2D eigenvalue weighted by Crippen LogP contribution is -2.60. The Hall–Kier alpha value is -2.91. The number of aromatic nitrogens is 2. The predicted molar refractivity (Wildman–Crippen MR) is 87.2 cm³/mol. The van der Waals surface area contributed by atoms with Crippen LogP contribution in [0.2, 0.25) is 0 Å². The molecule has 0 atom stereocenters. The third-order valence-electron chi connectivity index (χ3n) is 3.34. The number of amides is 2. The summed E-state index contributed by atoms with van der Waals surface area (Å²) in [5.74, 6) is 0.590. The number of halogens is 1. The number of nitrogens with one attached hydrogen (secondary N) is 2. The number of hydrogen-bond donors (Lipinski definition) is 3. The second kappa shape index (κ2) is 7.77. The molecule has 9 nitrogen and oxygen atoms in total. The van der Waals surface area contributed by atoms with Gasteiger partial charge in [-0.15, -0.1) is 0 Å². The summed E-state index contributed by atoms with van der Waals surface area (Å²) in [6.45, 7) is 4.23. The van der Waals surface area contributed by atoms with E-state index in [4.69, 9.17) is 9.84 Å². The van der Waals surface area contributed by atoms with E-state index in [-0.39, 0.29) is 36.7 Å². The summed E-state index contributed by atoms with van der Waals surface area (Å²) in [6, 6.07) is 0. The number of carbonyl (C=O) groups is 2. The smallest absolute Gasteiger partial charge is 0.404 e. The largest absolute Gasteiger partial charge is 0.486 e. The fourth-order valence-electron chi connectivity index (χ4n) is 2.34. The summed E-state index contributed by atoms with van der Waals surface area (Å²) in [7, 11) is 0. The summed E-state index contributed by atoms with van der Waals surface area (Å²) in [5, 5.41) is 13.4. The maximum Gasteiger partial charge on any atom is 0.404 e. The van der Waals surface area contributed by atoms with Crippen LogP contribution in [0.1, 0.15) is 13.8 Å². The lowest BCUT2D eigenvalue weighted by atomic mass is 10.0. The van der Waals surface area contributed by atoms with E-state index in [2.05, 4.69) is 15.3 Å². The van der Waals surface area contributed by atoms with E-state index in [1.807, 2.05) is 19.2 Å². The number of anilines is 1. The zero-order valence-electron chi connectivity index (χ0n) is 14.0. The fraction of sp³-hybridized carbons (Fsp3) is 0.467. The standard InChI is InChI=1S/C15H20FN5O4/c1-15(2)9-21(7-12(22)20-15)13-17-5-11(6-18-13)25-8-10(3-16)4-19-14(23)24/h3,5-6,19H,4,7-9H2,1-2H3,(H,20,22)(H,23,24)/b10-3+. The van der Waals surface area contributed by atoms with Gasteiger partial charge in [-0.25, -0.2) is 19.2 Å². The minimum Gasteiger partial charge on any atom is -0.486 e. The van der Waals surface area contributed by atoms with E-state index in [0.29, 0.717) is 24.6 Å². The molecule has 1 aromatic rings. The molecule has 1 saturated heterocycles. The van der Waals surface area contributed by atoms with Crippen LogP contribution in [0.5, 0.6) is 5.75 Å². The molecule has 1 aromatic heterocycles. The van der Waals surface area contributed by atoms with E-state index >= 15 is 0 Å². The van der Waals surface area contributed by atoms with E-state index in [9.17, 15) is 14.0 Å². The third kappa shape index (κ3) is 5.59. The van der Waals surface area contributed by atoms with E-state index in [1.165, 1.54) is 12.4 Å². The minimum absolute atomic E-state index is 0.108. The van der Waals surface area contributed by atoms with Gasteiger partial charge in [0.15, 0.2) is 5.75 Å². The van der Waals surface area contributed by atoms with Gasteiger partial charge in [0, 0.05) is 18.7 Å². The summed E-state index contributed by atoms with van der Waals surface area (Å²) in [5.41, 5.74) is -0.257. The van der Waals surface area contributed by atoms with E-state index < -0.39 is 6.09 Å². The molecule has 0 unspecified atom stereocenters. The van der Waals surface area contributed by atoms with Gasteiger partial charge in [0.05, 0.1) is 30.8 Å². The highest BCUT2D eigenvalue weighted by Gasteiger charge is 2.31. The van der Waals surface area contributed by atoms with Gasteiger partial charge in [-0.1, -0.05) is 0 Å². The van der Waals surface area contributed by atoms with Crippen molar-refractivity contribution in [1.82, 2.24) is 20.6 Å². The first-order chi connectivity index (χ1) is 11.8. The maximum atomic E-state index is 12.7. The first-order valence-corrected chi connectivity index (χ1v) is 7.55. The molecule has 25 heavy (non-hydrogen) atoms. The van der Waals surface area contributed by atoms with Crippen LogP contribution in [0.3, 0.4) is 0 Å². The highest BCUT2D eigenvalue weighted by atomic mass is 19.1. The number of piperazine rings is 1. The predicted octanol–water partition coefficient (Wildman–Crippen LogP) is 0.691. The molecular formula is C15H20FN5O4. The van der Waals surface area contributed by atoms with Gasteiger partial charge >= 0.3 is 6.09 Å². The molecule has 0 saturated carbocycles. The Labute approximate surface area is 143 Å². The Kier molecular flexibility index (Phi) is 5.73. The maximum absolute atomic E-state index is 12.7. The highest BCUT2D eigenvalue weighted by molar-refractivity contribution is 5.83. The average molecular weight is 353 g/mol. The molecular weight excluding hydrogens is 333 g/mol. The minimum atomic E-state index is -1.25. The Bertz CT molecular complexity index is 662. The molecule has 3 N–H and O–H groups in total. The number of nitrogens with zero attached hydrogens (tertiary/aromatic N) is 3. The van der Waals surface area contributed by atoms with Gasteiger partial charge in [-0.05, 0) is 13.8 Å². The van der Waals surface area contributed by atoms with Crippen molar-refractivity contribution in [2.24, 2.45) is 0 Å². The number of ether oxygens (including phenoxy) is 1. The molecule has 0 aliphatic carbocycles. The fourth-order valence-corrected chi connectivity index (χ4v) is 2.34. The second-order valence-electron chi connectivity index (χ2n) is 6.22. The normalized spacial score (nSPS) is 17.0. The Morgan fingerprint density at radius 1 is 1.52 bits per heavy atom. The summed E-state index contributed by atoms with van der Waals surface area (Å²) in [4.78, 5) is 32.2. The van der Waals surface area contributed by atoms with Crippen LogP contribution in [0.25, 0.3) is 0 Å². The quantitative estimate of drug-likeness (QED) is 0.689. The zero-order valence-corrected chi connectivity index (χ0v) is 14.0. The van der Waals surface area contributed by atoms with Crippen molar-refractivity contribution in [2.75, 3.05) is 31.1 Å². The van der Waals surface area contributed by atoms with Gasteiger partial charge in [-0.3, -0.25) is 4.79 Å². The van der Waals surface area contributed by atoms with Crippen molar-refractivity contribution >= 4 is 17.9 Å². The SMILES string of the molecule is CC1(C)CN(c2ncc(OC/C(=C/F)CNC(=O)O)cn2)CC(=O)N1. The van der Waals surface area contributed by atoms with Crippen LogP contribution in [0, 0.1) is 0 Å². The molecule has 10 heteroatoms. The first kappa shape index (κ1) is 18.4. The molecule has 2 rings (SSSR count). The highest BCUT2D eigenvalue weighted by Crippen LogP contribution is 2.18. The third-order valence-corrected chi connectivity index (χ3v) is 3.34. The summed E-state index contributed by atoms with van der Waals surface area (Å²) >= 11 is 0. The number of rotatable bonds is 6. The van der Waals surface area contributed by atoms with Crippen LogP contribution >= 0.6 is 0 Å². The lowest BCUT2D eigenvalue weighted by Gasteiger charge is -2.38. The second-order valence-corrected chi connectivity index (χ2v) is 6.22. The first-order valence-electron chi connectivity index (χ1n) is 7.55. The molecule has 0 aromatic carbocycles. The van der Waals surface area contributed by atoms with E-state index in [1.54, 1.807) is 4.90 Å². The molecule has 136 valence electrons. The lowest BCUT2D eigenvalue weighted by molar-refractivity contribution is -0.122. The summed E-state index contributed by atoms with van der Waals surface area (Å²) in [6.07, 6.45) is 1.88. The Morgan fingerprint density at radius 2 is 2.20 bits per heavy atom. The van der Waals surface area contributed by atoms with Crippen LogP contribution < -0.4 is 20.3 Å². The Morgan fingerprint density at radius 3 is 2.76 bits per heavy atom. The van der Waals surface area contributed by atoms with Crippen molar-refractivity contribution in [1.29, 1.82) is 0 Å². The molecule has 1 fully saturated rings. The van der Waals surface area contributed by atoms with Crippen molar-refractivity contribution in [3.8, 4) is 5.75 Å². The van der Waals surface area contributed by atoms with E-state index in [0.717, 1.165) is 0 Å². The molecule has 2 amide bonds. The van der Waals surface area contributed by atoms with Crippen LogP contribution in [-0.4, -0.2) is 58.9 Å². The van der Waals surface area contributed by atoms with Gasteiger partial charge < -0.3 is 25.4 Å². The van der Waals surface area contributed by atoms with Gasteiger partial charge in [0.25, 0.3) is 0 Å². The van der Waals surface area contributed by atoms with Crippen LogP contribution in [0.4, 0.5) is 15.1 Å².